The summed E-state index contributed by atoms with van der Waals surface area (Å²) < 4.78 is 44.5. The number of ether oxygens (including phenoxy) is 1. The molecule has 152 valence electrons. The van der Waals surface area contributed by atoms with Crippen LogP contribution in [0.25, 0.3) is 11.3 Å². The molecule has 2 N–H and O–H groups in total. The standard InChI is InChI=1S/C19H19FN4O4S/c1-24(2)29(26,27)17-10-13(7-8-16(17)28-3)19(25)21-18-11-15(22-23-18)12-5-4-6-14(20)9-12/h4-11H,1-3H3,(H2,21,22,23,25). The monoisotopic (exact) mass is 418 g/mol. The molecule has 0 spiro atoms. The molecule has 29 heavy (non-hydrogen) atoms. The average molecular weight is 418 g/mol. The number of hydrogen-bond donors (Lipinski definition) is 2. The van der Waals surface area contributed by atoms with Gasteiger partial charge in [0.1, 0.15) is 16.5 Å². The van der Waals surface area contributed by atoms with Gasteiger partial charge in [0.25, 0.3) is 5.91 Å². The van der Waals surface area contributed by atoms with E-state index in [1.54, 1.807) is 18.2 Å². The first-order valence-electron chi connectivity index (χ1n) is 8.45. The highest BCUT2D eigenvalue weighted by atomic mass is 32.2. The topological polar surface area (TPSA) is 104 Å². The fourth-order valence-corrected chi connectivity index (χ4v) is 3.67. The molecular formula is C19H19FN4O4S. The summed E-state index contributed by atoms with van der Waals surface area (Å²) in [5.74, 6) is -0.610. The van der Waals surface area contributed by atoms with Gasteiger partial charge in [-0.3, -0.25) is 9.89 Å². The molecule has 0 fully saturated rings. The SMILES string of the molecule is COc1ccc(C(=O)Nc2cc(-c3cccc(F)c3)[nH]n2)cc1S(=O)(=O)N(C)C. The smallest absolute Gasteiger partial charge is 0.256 e. The first-order valence-corrected chi connectivity index (χ1v) is 9.89. The van der Waals surface area contributed by atoms with Crippen LogP contribution < -0.4 is 10.1 Å². The summed E-state index contributed by atoms with van der Waals surface area (Å²) in [6.45, 7) is 0. The molecular weight excluding hydrogens is 399 g/mol. The second kappa shape index (κ2) is 8.02. The molecule has 3 rings (SSSR count). The van der Waals surface area contributed by atoms with Crippen LogP contribution in [0.1, 0.15) is 10.4 Å². The zero-order chi connectivity index (χ0) is 21.2. The Morgan fingerprint density at radius 3 is 2.59 bits per heavy atom. The molecule has 0 saturated heterocycles. The first-order chi connectivity index (χ1) is 13.7. The van der Waals surface area contributed by atoms with Gasteiger partial charge in [-0.15, -0.1) is 0 Å². The Kier molecular flexibility index (Phi) is 5.66. The number of nitrogens with zero attached hydrogens (tertiary/aromatic N) is 2. The molecule has 0 aliphatic rings. The number of methoxy groups -OCH3 is 1. The van der Waals surface area contributed by atoms with Crippen molar-refractivity contribution in [2.24, 2.45) is 0 Å². The van der Waals surface area contributed by atoms with Crippen molar-refractivity contribution in [2.75, 3.05) is 26.5 Å². The van der Waals surface area contributed by atoms with Crippen molar-refractivity contribution in [1.82, 2.24) is 14.5 Å². The second-order valence-electron chi connectivity index (χ2n) is 6.28. The third kappa shape index (κ3) is 4.28. The van der Waals surface area contributed by atoms with E-state index in [0.29, 0.717) is 11.3 Å². The van der Waals surface area contributed by atoms with Crippen molar-refractivity contribution in [3.8, 4) is 17.0 Å². The van der Waals surface area contributed by atoms with Crippen molar-refractivity contribution in [3.63, 3.8) is 0 Å². The first kappa shape index (κ1) is 20.5. The normalized spacial score (nSPS) is 11.5. The van der Waals surface area contributed by atoms with Crippen LogP contribution in [0.2, 0.25) is 0 Å². The van der Waals surface area contributed by atoms with Gasteiger partial charge >= 0.3 is 0 Å². The second-order valence-corrected chi connectivity index (χ2v) is 8.40. The highest BCUT2D eigenvalue weighted by Gasteiger charge is 2.24. The number of sulfonamides is 1. The minimum Gasteiger partial charge on any atom is -0.495 e. The molecule has 0 unspecified atom stereocenters. The van der Waals surface area contributed by atoms with Crippen molar-refractivity contribution in [1.29, 1.82) is 0 Å². The predicted octanol–water partition coefficient (Wildman–Crippen LogP) is 2.73. The van der Waals surface area contributed by atoms with Crippen LogP contribution in [0, 0.1) is 5.82 Å². The number of aromatic nitrogens is 2. The Labute approximate surface area is 167 Å². The number of hydrogen-bond acceptors (Lipinski definition) is 5. The fourth-order valence-electron chi connectivity index (χ4n) is 2.59. The van der Waals surface area contributed by atoms with Gasteiger partial charge in [-0.05, 0) is 30.3 Å². The summed E-state index contributed by atoms with van der Waals surface area (Å²) >= 11 is 0. The summed E-state index contributed by atoms with van der Waals surface area (Å²) in [5.41, 5.74) is 1.20. The van der Waals surface area contributed by atoms with Crippen LogP contribution in [-0.2, 0) is 10.0 Å². The lowest BCUT2D eigenvalue weighted by Crippen LogP contribution is -2.23. The van der Waals surface area contributed by atoms with Gasteiger partial charge in [0.15, 0.2) is 5.82 Å². The quantitative estimate of drug-likeness (QED) is 0.641. The van der Waals surface area contributed by atoms with E-state index in [0.717, 1.165) is 4.31 Å². The van der Waals surface area contributed by atoms with E-state index < -0.39 is 21.7 Å². The average Bonchev–Trinajstić information content (AvgIpc) is 3.15. The van der Waals surface area contributed by atoms with Crippen molar-refractivity contribution >= 4 is 21.7 Å². The Bertz CT molecular complexity index is 1160. The number of amides is 1. The molecule has 3 aromatic rings. The van der Waals surface area contributed by atoms with E-state index in [-0.39, 0.29) is 22.0 Å². The fraction of sp³-hybridized carbons (Fsp3) is 0.158. The van der Waals surface area contributed by atoms with Gasteiger partial charge in [-0.2, -0.15) is 5.10 Å². The zero-order valence-corrected chi connectivity index (χ0v) is 16.7. The summed E-state index contributed by atoms with van der Waals surface area (Å²) in [6, 6.07) is 11.6. The molecule has 0 bridgehead atoms. The van der Waals surface area contributed by atoms with Crippen LogP contribution in [0.15, 0.2) is 53.4 Å². The molecule has 0 atom stereocenters. The van der Waals surface area contributed by atoms with Gasteiger partial charge < -0.3 is 10.1 Å². The highest BCUT2D eigenvalue weighted by molar-refractivity contribution is 7.89. The number of benzene rings is 2. The number of carbonyl (C=O) groups excluding carboxylic acids is 1. The molecule has 10 heteroatoms. The zero-order valence-electron chi connectivity index (χ0n) is 15.9. The van der Waals surface area contributed by atoms with E-state index in [4.69, 9.17) is 4.74 Å². The lowest BCUT2D eigenvalue weighted by molar-refractivity contribution is 0.102. The predicted molar refractivity (Wildman–Crippen MR) is 106 cm³/mol. The van der Waals surface area contributed by atoms with Crippen molar-refractivity contribution in [3.05, 3.63) is 59.9 Å². The number of nitrogens with one attached hydrogen (secondary N) is 2. The van der Waals surface area contributed by atoms with E-state index in [9.17, 15) is 17.6 Å². The van der Waals surface area contributed by atoms with Gasteiger partial charge in [0.05, 0.1) is 12.8 Å². The molecule has 8 nitrogen and oxygen atoms in total. The number of H-pyrrole nitrogens is 1. The van der Waals surface area contributed by atoms with Gasteiger partial charge in [0.2, 0.25) is 10.0 Å². The molecule has 0 saturated carbocycles. The number of carbonyl (C=O) groups is 1. The third-order valence-corrected chi connectivity index (χ3v) is 5.98. The minimum absolute atomic E-state index is 0.113. The maximum Gasteiger partial charge on any atom is 0.256 e. The number of rotatable bonds is 6. The summed E-state index contributed by atoms with van der Waals surface area (Å²) in [7, 11) is 0.311. The Hall–Kier alpha value is -3.24. The molecule has 0 aliphatic carbocycles. The Morgan fingerprint density at radius 2 is 1.93 bits per heavy atom. The number of anilines is 1. The number of aromatic amines is 1. The van der Waals surface area contributed by atoms with Crippen LogP contribution in [0.3, 0.4) is 0 Å². The van der Waals surface area contributed by atoms with E-state index >= 15 is 0 Å². The van der Waals surface area contributed by atoms with Crippen LogP contribution in [-0.4, -0.2) is 50.0 Å². The van der Waals surface area contributed by atoms with Crippen LogP contribution >= 0.6 is 0 Å². The molecule has 0 aliphatic heterocycles. The summed E-state index contributed by atoms with van der Waals surface area (Å²) in [4.78, 5) is 12.5. The van der Waals surface area contributed by atoms with Gasteiger partial charge in [-0.1, -0.05) is 12.1 Å². The maximum absolute atomic E-state index is 13.4. The molecule has 1 amide bonds. The van der Waals surface area contributed by atoms with Crippen LogP contribution in [0.5, 0.6) is 5.75 Å². The van der Waals surface area contributed by atoms with Gasteiger partial charge in [-0.25, -0.2) is 17.1 Å². The molecule has 1 aromatic heterocycles. The largest absolute Gasteiger partial charge is 0.495 e. The van der Waals surface area contributed by atoms with Crippen molar-refractivity contribution in [2.45, 2.75) is 4.90 Å². The third-order valence-electron chi connectivity index (χ3n) is 4.14. The van der Waals surface area contributed by atoms with Crippen LogP contribution in [0.4, 0.5) is 10.2 Å². The lowest BCUT2D eigenvalue weighted by Gasteiger charge is -2.15. The Morgan fingerprint density at radius 1 is 1.17 bits per heavy atom. The molecule has 0 radical (unpaired) electrons. The molecule has 1 heterocycles. The van der Waals surface area contributed by atoms with E-state index in [1.165, 1.54) is 51.5 Å². The van der Waals surface area contributed by atoms with Crippen molar-refractivity contribution < 1.29 is 22.3 Å². The molecule has 2 aromatic carbocycles. The van der Waals surface area contributed by atoms with Gasteiger partial charge in [0, 0.05) is 31.3 Å². The van der Waals surface area contributed by atoms with E-state index in [2.05, 4.69) is 15.5 Å². The summed E-state index contributed by atoms with van der Waals surface area (Å²) in [6.07, 6.45) is 0. The minimum atomic E-state index is -3.81. The van der Waals surface area contributed by atoms with E-state index in [1.807, 2.05) is 0 Å². The Balaban J connectivity index is 1.87. The summed E-state index contributed by atoms with van der Waals surface area (Å²) in [5, 5.41) is 9.30. The maximum atomic E-state index is 13.4. The lowest BCUT2D eigenvalue weighted by atomic mass is 10.1. The highest BCUT2D eigenvalue weighted by Crippen LogP contribution is 2.27. The number of halogens is 1.